The quantitative estimate of drug-likeness (QED) is 0.0875. The summed E-state index contributed by atoms with van der Waals surface area (Å²) in [7, 11) is 0. The van der Waals surface area contributed by atoms with Crippen molar-refractivity contribution in [2.75, 3.05) is 45.9 Å². The number of alkyl carbamates (subject to hydrolysis) is 1. The molecule has 0 aliphatic carbocycles. The molecule has 1 aliphatic heterocycles. The van der Waals surface area contributed by atoms with Crippen molar-refractivity contribution in [3.8, 4) is 0 Å². The number of hydrazone groups is 1. The van der Waals surface area contributed by atoms with Crippen LogP contribution >= 0.6 is 0 Å². The van der Waals surface area contributed by atoms with Gasteiger partial charge >= 0.3 is 12.1 Å². The second-order valence-corrected chi connectivity index (χ2v) is 9.25. The van der Waals surface area contributed by atoms with Gasteiger partial charge in [-0.3, -0.25) is 14.4 Å². The first kappa shape index (κ1) is 32.3. The lowest BCUT2D eigenvalue weighted by Gasteiger charge is -2.31. The van der Waals surface area contributed by atoms with E-state index in [0.717, 1.165) is 12.0 Å². The van der Waals surface area contributed by atoms with E-state index < -0.39 is 29.9 Å². The number of benzene rings is 1. The lowest BCUT2D eigenvalue weighted by Crippen LogP contribution is -2.52. The van der Waals surface area contributed by atoms with Crippen LogP contribution in [-0.2, 0) is 35.2 Å². The number of ether oxygens (including phenoxy) is 3. The first-order chi connectivity index (χ1) is 19.4. The standard InChI is InChI=1S/C27H42N6O7/c1-3-5-12-33(13-11-25(35)38-4-2)26(36)23(31-27(37)40-19-21-9-7-6-8-10-21)16-24(34)29-17-22-18-32(20-30-28)14-15-39-22/h6-10,20,22-23H,3-5,11-19,28H2,1-2H3,(H,29,34)(H,31,37)/t22-,23?/m0/s1. The molecule has 0 spiro atoms. The maximum absolute atomic E-state index is 13.6. The van der Waals surface area contributed by atoms with Gasteiger partial charge in [-0.1, -0.05) is 43.7 Å². The number of morpholine rings is 1. The molecule has 1 saturated heterocycles. The fourth-order valence-corrected chi connectivity index (χ4v) is 4.02. The van der Waals surface area contributed by atoms with Crippen LogP contribution in [0.15, 0.2) is 35.4 Å². The van der Waals surface area contributed by atoms with E-state index in [0.29, 0.717) is 32.7 Å². The number of hydrogen-bond acceptors (Lipinski definition) is 9. The van der Waals surface area contributed by atoms with Crippen LogP contribution in [0.25, 0.3) is 0 Å². The maximum Gasteiger partial charge on any atom is 0.408 e. The number of carbonyl (C=O) groups excluding carboxylic acids is 4. The summed E-state index contributed by atoms with van der Waals surface area (Å²) in [5, 5.41) is 8.84. The van der Waals surface area contributed by atoms with E-state index in [1.54, 1.807) is 19.1 Å². The van der Waals surface area contributed by atoms with Crippen molar-refractivity contribution in [3.63, 3.8) is 0 Å². The Labute approximate surface area is 235 Å². The van der Waals surface area contributed by atoms with Crippen LogP contribution in [0.1, 0.15) is 45.1 Å². The van der Waals surface area contributed by atoms with Gasteiger partial charge in [0.2, 0.25) is 11.8 Å². The van der Waals surface area contributed by atoms with Crippen molar-refractivity contribution in [2.45, 2.75) is 58.3 Å². The van der Waals surface area contributed by atoms with Crippen molar-refractivity contribution in [1.82, 2.24) is 20.4 Å². The summed E-state index contributed by atoms with van der Waals surface area (Å²) in [5.41, 5.74) is 0.776. The second-order valence-electron chi connectivity index (χ2n) is 9.25. The van der Waals surface area contributed by atoms with Crippen molar-refractivity contribution in [3.05, 3.63) is 35.9 Å². The molecule has 0 saturated carbocycles. The molecule has 40 heavy (non-hydrogen) atoms. The summed E-state index contributed by atoms with van der Waals surface area (Å²) < 4.78 is 16.0. The highest BCUT2D eigenvalue weighted by atomic mass is 16.5. The molecule has 1 aliphatic rings. The van der Waals surface area contributed by atoms with Crippen LogP contribution in [0.3, 0.4) is 0 Å². The summed E-state index contributed by atoms with van der Waals surface area (Å²) in [6.07, 6.45) is 1.58. The largest absolute Gasteiger partial charge is 0.466 e. The third kappa shape index (κ3) is 12.3. The van der Waals surface area contributed by atoms with Crippen molar-refractivity contribution >= 4 is 30.2 Å². The SMILES string of the molecule is CCCCN(CCC(=O)OCC)C(=O)C(CC(=O)NC[C@H]1CN(C=NN)CCO1)NC(=O)OCc1ccccc1. The predicted octanol–water partition coefficient (Wildman–Crippen LogP) is 0.972. The number of nitrogens with zero attached hydrogens (tertiary/aromatic N) is 3. The molecule has 3 amide bonds. The summed E-state index contributed by atoms with van der Waals surface area (Å²) in [4.78, 5) is 54.4. The molecule has 0 radical (unpaired) electrons. The molecular formula is C27H42N6O7. The normalized spacial score (nSPS) is 15.8. The zero-order valence-corrected chi connectivity index (χ0v) is 23.4. The summed E-state index contributed by atoms with van der Waals surface area (Å²) in [5.74, 6) is 3.86. The first-order valence-corrected chi connectivity index (χ1v) is 13.6. The van der Waals surface area contributed by atoms with Gasteiger partial charge in [-0.15, -0.1) is 0 Å². The lowest BCUT2D eigenvalue weighted by atomic mass is 10.1. The number of nitrogens with two attached hydrogens (primary N) is 1. The molecule has 2 rings (SSSR count). The number of amides is 3. The third-order valence-electron chi connectivity index (χ3n) is 6.10. The van der Waals surface area contributed by atoms with Crippen molar-refractivity contribution in [2.24, 2.45) is 10.9 Å². The van der Waals surface area contributed by atoms with Gasteiger partial charge in [0.15, 0.2) is 0 Å². The lowest BCUT2D eigenvalue weighted by molar-refractivity contribution is -0.144. The fraction of sp³-hybridized carbons (Fsp3) is 0.593. The van der Waals surface area contributed by atoms with Gasteiger partial charge < -0.3 is 40.5 Å². The van der Waals surface area contributed by atoms with Gasteiger partial charge in [0.1, 0.15) is 19.0 Å². The molecule has 4 N–H and O–H groups in total. The van der Waals surface area contributed by atoms with Gasteiger partial charge in [-0.05, 0) is 18.9 Å². The molecule has 1 heterocycles. The van der Waals surface area contributed by atoms with E-state index in [9.17, 15) is 19.2 Å². The van der Waals surface area contributed by atoms with Crippen molar-refractivity contribution in [1.29, 1.82) is 0 Å². The number of nitrogens with one attached hydrogen (secondary N) is 2. The Morgan fingerprint density at radius 1 is 1.20 bits per heavy atom. The van der Waals surface area contributed by atoms with E-state index in [4.69, 9.17) is 20.1 Å². The summed E-state index contributed by atoms with van der Waals surface area (Å²) in [6, 6.07) is 7.90. The molecule has 222 valence electrons. The summed E-state index contributed by atoms with van der Waals surface area (Å²) in [6.45, 7) is 6.18. The summed E-state index contributed by atoms with van der Waals surface area (Å²) >= 11 is 0. The molecule has 13 heteroatoms. The average molecular weight is 563 g/mol. The predicted molar refractivity (Wildman–Crippen MR) is 148 cm³/mol. The number of rotatable bonds is 16. The Hall–Kier alpha value is -3.87. The van der Waals surface area contributed by atoms with Crippen LogP contribution in [-0.4, -0.2) is 98.1 Å². The number of unbranched alkanes of at least 4 members (excludes halogenated alkanes) is 1. The van der Waals surface area contributed by atoms with Crippen LogP contribution in [0, 0.1) is 0 Å². The third-order valence-corrected chi connectivity index (χ3v) is 6.10. The molecule has 0 bridgehead atoms. The highest BCUT2D eigenvalue weighted by Gasteiger charge is 2.30. The van der Waals surface area contributed by atoms with Crippen LogP contribution in [0.5, 0.6) is 0 Å². The molecule has 2 atom stereocenters. The molecule has 13 nitrogen and oxygen atoms in total. The van der Waals surface area contributed by atoms with E-state index >= 15 is 0 Å². The fourth-order valence-electron chi connectivity index (χ4n) is 4.02. The minimum atomic E-state index is -1.20. The number of hydrogen-bond donors (Lipinski definition) is 3. The molecule has 1 fully saturated rings. The number of carbonyl (C=O) groups is 4. The molecular weight excluding hydrogens is 520 g/mol. The van der Waals surface area contributed by atoms with Gasteiger partial charge in [0.05, 0.1) is 32.2 Å². The minimum absolute atomic E-state index is 0.00227. The highest BCUT2D eigenvalue weighted by molar-refractivity contribution is 5.91. The van der Waals surface area contributed by atoms with E-state index in [2.05, 4.69) is 15.7 Å². The Bertz CT molecular complexity index is 962. The monoisotopic (exact) mass is 562 g/mol. The van der Waals surface area contributed by atoms with Gasteiger partial charge in [0.25, 0.3) is 0 Å². The molecule has 1 unspecified atom stereocenters. The van der Waals surface area contributed by atoms with Crippen molar-refractivity contribution < 1.29 is 33.4 Å². The molecule has 1 aromatic rings. The Balaban J connectivity index is 2.06. The Morgan fingerprint density at radius 2 is 1.98 bits per heavy atom. The topological polar surface area (TPSA) is 165 Å². The maximum atomic E-state index is 13.6. The molecule has 1 aromatic carbocycles. The van der Waals surface area contributed by atoms with E-state index in [1.165, 1.54) is 11.2 Å². The average Bonchev–Trinajstić information content (AvgIpc) is 2.95. The molecule has 0 aromatic heterocycles. The first-order valence-electron chi connectivity index (χ1n) is 13.6. The second kappa shape index (κ2) is 18.4. The number of esters is 1. The van der Waals surface area contributed by atoms with Crippen LogP contribution < -0.4 is 16.5 Å². The van der Waals surface area contributed by atoms with Crippen LogP contribution in [0.4, 0.5) is 4.79 Å². The zero-order chi connectivity index (χ0) is 29.2. The van der Waals surface area contributed by atoms with E-state index in [1.807, 2.05) is 30.0 Å². The van der Waals surface area contributed by atoms with Gasteiger partial charge in [-0.2, -0.15) is 5.10 Å². The smallest absolute Gasteiger partial charge is 0.408 e. The highest BCUT2D eigenvalue weighted by Crippen LogP contribution is 2.08. The van der Waals surface area contributed by atoms with Gasteiger partial charge in [-0.25, -0.2) is 4.79 Å². The minimum Gasteiger partial charge on any atom is -0.466 e. The Kier molecular flexibility index (Phi) is 14.9. The van der Waals surface area contributed by atoms with Gasteiger partial charge in [0, 0.05) is 32.7 Å². The zero-order valence-electron chi connectivity index (χ0n) is 23.4. The Morgan fingerprint density at radius 3 is 2.67 bits per heavy atom. The van der Waals surface area contributed by atoms with E-state index in [-0.39, 0.29) is 45.2 Å². The van der Waals surface area contributed by atoms with Crippen LogP contribution in [0.2, 0.25) is 0 Å².